The molecule has 0 atom stereocenters. The summed E-state index contributed by atoms with van der Waals surface area (Å²) in [4.78, 5) is 24.6. The lowest BCUT2D eigenvalue weighted by Gasteiger charge is -2.12. The van der Waals surface area contributed by atoms with E-state index in [1.165, 1.54) is 6.07 Å². The number of ether oxygens (including phenoxy) is 1. The Hall–Kier alpha value is -3.08. The zero-order valence-corrected chi connectivity index (χ0v) is 14.0. The minimum absolute atomic E-state index is 0.0398. The maximum atomic E-state index is 12.5. The molecular formula is C20H19NO4. The van der Waals surface area contributed by atoms with Crippen LogP contribution >= 0.6 is 0 Å². The Bertz CT molecular complexity index is 946. The summed E-state index contributed by atoms with van der Waals surface area (Å²) < 4.78 is 10.9. The van der Waals surface area contributed by atoms with Crippen LogP contribution in [0.25, 0.3) is 11.0 Å². The van der Waals surface area contributed by atoms with Crippen molar-refractivity contribution in [1.82, 2.24) is 0 Å². The van der Waals surface area contributed by atoms with E-state index < -0.39 is 11.5 Å². The molecule has 128 valence electrons. The van der Waals surface area contributed by atoms with Gasteiger partial charge in [-0.05, 0) is 30.7 Å². The second kappa shape index (κ2) is 7.66. The van der Waals surface area contributed by atoms with E-state index in [2.05, 4.69) is 12.2 Å². The van der Waals surface area contributed by atoms with Crippen LogP contribution in [0.2, 0.25) is 0 Å². The summed E-state index contributed by atoms with van der Waals surface area (Å²) in [5.41, 5.74) is 0.270. The molecule has 0 unspecified atom stereocenters. The number of carbonyl (C=O) groups is 1. The fraction of sp³-hybridized carbons (Fsp3) is 0.200. The maximum Gasteiger partial charge on any atom is 0.349 e. The summed E-state index contributed by atoms with van der Waals surface area (Å²) in [6.45, 7) is 2.65. The number of unbranched alkanes of at least 4 members (excludes halogenated alkanes) is 1. The average molecular weight is 337 g/mol. The third-order valence-corrected chi connectivity index (χ3v) is 3.78. The number of hydrogen-bond acceptors (Lipinski definition) is 4. The Labute approximate surface area is 145 Å². The number of amides is 1. The summed E-state index contributed by atoms with van der Waals surface area (Å²) in [6, 6.07) is 15.8. The first kappa shape index (κ1) is 16.8. The highest BCUT2D eigenvalue weighted by Gasteiger charge is 2.15. The molecule has 0 aliphatic carbocycles. The highest BCUT2D eigenvalue weighted by Crippen LogP contribution is 2.24. The number of hydrogen-bond donors (Lipinski definition) is 1. The normalized spacial score (nSPS) is 10.6. The number of nitrogens with one attached hydrogen (secondary N) is 1. The van der Waals surface area contributed by atoms with Gasteiger partial charge in [0.15, 0.2) is 0 Å². The molecule has 25 heavy (non-hydrogen) atoms. The van der Waals surface area contributed by atoms with Crippen LogP contribution in [0, 0.1) is 0 Å². The van der Waals surface area contributed by atoms with Crippen LogP contribution in [0.3, 0.4) is 0 Å². The zero-order chi connectivity index (χ0) is 17.6. The van der Waals surface area contributed by atoms with Crippen molar-refractivity contribution in [1.29, 1.82) is 0 Å². The molecule has 1 N–H and O–H groups in total. The second-order valence-electron chi connectivity index (χ2n) is 5.64. The van der Waals surface area contributed by atoms with Crippen molar-refractivity contribution in [2.45, 2.75) is 19.8 Å². The number of rotatable bonds is 6. The lowest BCUT2D eigenvalue weighted by molar-refractivity contribution is 0.102. The average Bonchev–Trinajstić information content (AvgIpc) is 2.62. The molecule has 0 aliphatic heterocycles. The van der Waals surface area contributed by atoms with Crippen LogP contribution < -0.4 is 15.7 Å². The van der Waals surface area contributed by atoms with Crippen molar-refractivity contribution in [2.24, 2.45) is 0 Å². The van der Waals surface area contributed by atoms with Crippen LogP contribution in [0.15, 0.2) is 63.8 Å². The van der Waals surface area contributed by atoms with Gasteiger partial charge in [0.1, 0.15) is 16.9 Å². The first-order chi connectivity index (χ1) is 12.2. The van der Waals surface area contributed by atoms with Crippen LogP contribution in [-0.4, -0.2) is 12.5 Å². The van der Waals surface area contributed by atoms with Crippen molar-refractivity contribution < 1.29 is 13.9 Å². The Morgan fingerprint density at radius 1 is 1.12 bits per heavy atom. The maximum absolute atomic E-state index is 12.5. The molecule has 0 bridgehead atoms. The first-order valence-corrected chi connectivity index (χ1v) is 8.25. The van der Waals surface area contributed by atoms with Gasteiger partial charge in [0, 0.05) is 5.39 Å². The lowest BCUT2D eigenvalue weighted by Crippen LogP contribution is -2.21. The highest BCUT2D eigenvalue weighted by atomic mass is 16.5. The Balaban J connectivity index is 1.85. The molecular weight excluding hydrogens is 318 g/mol. The van der Waals surface area contributed by atoms with E-state index in [1.54, 1.807) is 36.4 Å². The quantitative estimate of drug-likeness (QED) is 0.540. The fourth-order valence-electron chi connectivity index (χ4n) is 2.43. The van der Waals surface area contributed by atoms with E-state index >= 15 is 0 Å². The van der Waals surface area contributed by atoms with Gasteiger partial charge in [0.2, 0.25) is 0 Å². The monoisotopic (exact) mass is 337 g/mol. The molecule has 0 fully saturated rings. The van der Waals surface area contributed by atoms with E-state index in [0.29, 0.717) is 29.0 Å². The third-order valence-electron chi connectivity index (χ3n) is 3.78. The molecule has 0 aliphatic rings. The van der Waals surface area contributed by atoms with E-state index in [4.69, 9.17) is 9.15 Å². The third kappa shape index (κ3) is 3.88. The number of fused-ring (bicyclic) bond motifs is 1. The van der Waals surface area contributed by atoms with Gasteiger partial charge in [-0.3, -0.25) is 4.79 Å². The topological polar surface area (TPSA) is 68.5 Å². The number of para-hydroxylation sites is 3. The Morgan fingerprint density at radius 3 is 2.72 bits per heavy atom. The van der Waals surface area contributed by atoms with Gasteiger partial charge in [-0.15, -0.1) is 0 Å². The predicted molar refractivity (Wildman–Crippen MR) is 97.3 cm³/mol. The first-order valence-electron chi connectivity index (χ1n) is 8.25. The van der Waals surface area contributed by atoms with Gasteiger partial charge >= 0.3 is 5.63 Å². The number of carbonyl (C=O) groups excluding carboxylic acids is 1. The van der Waals surface area contributed by atoms with E-state index in [9.17, 15) is 9.59 Å². The molecule has 2 aromatic carbocycles. The van der Waals surface area contributed by atoms with Gasteiger partial charge in [-0.1, -0.05) is 43.7 Å². The highest BCUT2D eigenvalue weighted by molar-refractivity contribution is 6.06. The molecule has 5 nitrogen and oxygen atoms in total. The largest absolute Gasteiger partial charge is 0.491 e. The summed E-state index contributed by atoms with van der Waals surface area (Å²) >= 11 is 0. The van der Waals surface area contributed by atoms with Crippen LogP contribution in [-0.2, 0) is 0 Å². The van der Waals surface area contributed by atoms with Gasteiger partial charge < -0.3 is 14.5 Å². The number of benzene rings is 2. The van der Waals surface area contributed by atoms with Gasteiger partial charge in [-0.2, -0.15) is 0 Å². The van der Waals surface area contributed by atoms with Crippen LogP contribution in [0.5, 0.6) is 5.75 Å². The SMILES string of the molecule is CCCCOc1ccccc1NC(=O)c1cc2ccccc2oc1=O. The Morgan fingerprint density at radius 2 is 1.88 bits per heavy atom. The molecule has 3 rings (SSSR count). The summed E-state index contributed by atoms with van der Waals surface area (Å²) in [6.07, 6.45) is 1.95. The predicted octanol–water partition coefficient (Wildman–Crippen LogP) is 4.22. The molecule has 0 saturated carbocycles. The van der Waals surface area contributed by atoms with Crippen molar-refractivity contribution in [3.8, 4) is 5.75 Å². The molecule has 0 radical (unpaired) electrons. The van der Waals surface area contributed by atoms with E-state index in [-0.39, 0.29) is 5.56 Å². The molecule has 1 heterocycles. The van der Waals surface area contributed by atoms with Gasteiger partial charge in [0.05, 0.1) is 12.3 Å². The minimum Gasteiger partial charge on any atom is -0.491 e. The zero-order valence-electron chi connectivity index (χ0n) is 14.0. The van der Waals surface area contributed by atoms with Crippen molar-refractivity contribution in [3.63, 3.8) is 0 Å². The van der Waals surface area contributed by atoms with Crippen molar-refractivity contribution >= 4 is 22.6 Å². The minimum atomic E-state index is -0.666. The van der Waals surface area contributed by atoms with Crippen molar-refractivity contribution in [3.05, 3.63) is 70.6 Å². The fourth-order valence-corrected chi connectivity index (χ4v) is 2.43. The van der Waals surface area contributed by atoms with E-state index in [1.807, 2.05) is 12.1 Å². The molecule has 0 spiro atoms. The molecule has 1 aromatic heterocycles. The van der Waals surface area contributed by atoms with Crippen molar-refractivity contribution in [2.75, 3.05) is 11.9 Å². The number of anilines is 1. The Kier molecular flexibility index (Phi) is 5.14. The molecule has 0 saturated heterocycles. The van der Waals surface area contributed by atoms with Crippen LogP contribution in [0.4, 0.5) is 5.69 Å². The summed E-state index contributed by atoms with van der Waals surface area (Å²) in [5.74, 6) is 0.0560. The van der Waals surface area contributed by atoms with Crippen LogP contribution in [0.1, 0.15) is 30.1 Å². The molecule has 3 aromatic rings. The summed E-state index contributed by atoms with van der Waals surface area (Å²) in [5, 5.41) is 3.43. The smallest absolute Gasteiger partial charge is 0.349 e. The van der Waals surface area contributed by atoms with Gasteiger partial charge in [-0.25, -0.2) is 4.79 Å². The summed E-state index contributed by atoms with van der Waals surface area (Å²) in [7, 11) is 0. The molecule has 5 heteroatoms. The van der Waals surface area contributed by atoms with Gasteiger partial charge in [0.25, 0.3) is 5.91 Å². The standard InChI is InChI=1S/C20H19NO4/c1-2-3-12-24-18-11-7-5-9-16(18)21-19(22)15-13-14-8-4-6-10-17(14)25-20(15)23/h4-11,13H,2-3,12H2,1H3,(H,21,22). The lowest BCUT2D eigenvalue weighted by atomic mass is 10.1. The molecule has 1 amide bonds. The second-order valence-corrected chi connectivity index (χ2v) is 5.64. The van der Waals surface area contributed by atoms with E-state index in [0.717, 1.165) is 12.8 Å².